The normalized spacial score (nSPS) is 27.2. The third-order valence-corrected chi connectivity index (χ3v) is 3.41. The zero-order chi connectivity index (χ0) is 9.90. The first kappa shape index (κ1) is 11.3. The van der Waals surface area contributed by atoms with E-state index in [1.807, 2.05) is 25.6 Å². The van der Waals surface area contributed by atoms with Crippen LogP contribution in [0.4, 0.5) is 0 Å². The first-order chi connectivity index (χ1) is 5.99. The van der Waals surface area contributed by atoms with Gasteiger partial charge < -0.3 is 5.11 Å². The quantitative estimate of drug-likeness (QED) is 0.737. The Morgan fingerprint density at radius 3 is 2.77 bits per heavy atom. The van der Waals surface area contributed by atoms with Gasteiger partial charge in [0.1, 0.15) is 0 Å². The summed E-state index contributed by atoms with van der Waals surface area (Å²) in [5.41, 5.74) is -0.552. The lowest BCUT2D eigenvalue weighted by Gasteiger charge is -2.32. The maximum absolute atomic E-state index is 9.73. The zero-order valence-electron chi connectivity index (χ0n) is 8.92. The van der Waals surface area contributed by atoms with Crippen LogP contribution < -0.4 is 0 Å². The molecule has 1 rings (SSSR count). The molecule has 1 atom stereocenters. The number of nitrogens with zero attached hydrogens (tertiary/aromatic N) is 1. The van der Waals surface area contributed by atoms with Crippen LogP contribution >= 0.6 is 11.8 Å². The van der Waals surface area contributed by atoms with Gasteiger partial charge in [0.05, 0.1) is 5.60 Å². The van der Waals surface area contributed by atoms with Crippen molar-refractivity contribution in [3.63, 3.8) is 0 Å². The van der Waals surface area contributed by atoms with E-state index >= 15 is 0 Å². The first-order valence-electron chi connectivity index (χ1n) is 5.03. The number of hydrogen-bond acceptors (Lipinski definition) is 3. The highest BCUT2D eigenvalue weighted by Crippen LogP contribution is 2.18. The second-order valence-corrected chi connectivity index (χ2v) is 5.76. The van der Waals surface area contributed by atoms with Crippen molar-refractivity contribution in [3.05, 3.63) is 0 Å². The molecule has 1 fully saturated rings. The summed E-state index contributed by atoms with van der Waals surface area (Å²) < 4.78 is 0. The van der Waals surface area contributed by atoms with Gasteiger partial charge in [0, 0.05) is 24.9 Å². The average Bonchev–Trinajstić information content (AvgIpc) is 2.14. The fourth-order valence-electron chi connectivity index (χ4n) is 1.67. The SMILES string of the molecule is CC1CCSCCN1CC(C)(C)O. The number of aliphatic hydroxyl groups is 1. The Bertz CT molecular complexity index is 155. The Labute approximate surface area is 85.7 Å². The number of hydrogen-bond donors (Lipinski definition) is 1. The molecular formula is C10H21NOS. The highest BCUT2D eigenvalue weighted by atomic mass is 32.2. The molecule has 1 N–H and O–H groups in total. The van der Waals surface area contributed by atoms with Gasteiger partial charge in [-0.3, -0.25) is 4.90 Å². The van der Waals surface area contributed by atoms with Crippen LogP contribution in [0, 0.1) is 0 Å². The molecule has 0 aromatic carbocycles. The summed E-state index contributed by atoms with van der Waals surface area (Å²) in [5.74, 6) is 2.48. The van der Waals surface area contributed by atoms with E-state index < -0.39 is 5.60 Å². The molecule has 0 saturated carbocycles. The topological polar surface area (TPSA) is 23.5 Å². The molecule has 2 nitrogen and oxygen atoms in total. The summed E-state index contributed by atoms with van der Waals surface area (Å²) in [4.78, 5) is 2.40. The fourth-order valence-corrected chi connectivity index (χ4v) is 2.75. The Morgan fingerprint density at radius 2 is 2.15 bits per heavy atom. The third kappa shape index (κ3) is 4.34. The molecule has 0 aliphatic carbocycles. The Hall–Kier alpha value is 0.270. The molecule has 78 valence electrons. The van der Waals surface area contributed by atoms with Crippen LogP contribution in [0.15, 0.2) is 0 Å². The highest BCUT2D eigenvalue weighted by molar-refractivity contribution is 7.99. The fraction of sp³-hybridized carbons (Fsp3) is 1.00. The van der Waals surface area contributed by atoms with Crippen molar-refractivity contribution < 1.29 is 5.11 Å². The Kier molecular flexibility index (Phi) is 4.07. The van der Waals surface area contributed by atoms with Crippen molar-refractivity contribution in [2.24, 2.45) is 0 Å². The Balaban J connectivity index is 2.45. The average molecular weight is 203 g/mol. The molecule has 0 spiro atoms. The second kappa shape index (κ2) is 4.67. The van der Waals surface area contributed by atoms with E-state index in [0.717, 1.165) is 13.1 Å². The van der Waals surface area contributed by atoms with Crippen LogP contribution in [-0.2, 0) is 0 Å². The van der Waals surface area contributed by atoms with Gasteiger partial charge in [0.15, 0.2) is 0 Å². The van der Waals surface area contributed by atoms with Gasteiger partial charge in [-0.25, -0.2) is 0 Å². The van der Waals surface area contributed by atoms with E-state index in [4.69, 9.17) is 0 Å². The van der Waals surface area contributed by atoms with Crippen molar-refractivity contribution >= 4 is 11.8 Å². The van der Waals surface area contributed by atoms with E-state index in [-0.39, 0.29) is 0 Å². The standard InChI is InChI=1S/C10H21NOS/c1-9-4-6-13-7-5-11(9)8-10(2,3)12/h9,12H,4-8H2,1-3H3. The lowest BCUT2D eigenvalue weighted by molar-refractivity contribution is 0.0259. The predicted octanol–water partition coefficient (Wildman–Crippen LogP) is 1.58. The molecule has 0 radical (unpaired) electrons. The lowest BCUT2D eigenvalue weighted by atomic mass is 10.1. The molecule has 1 saturated heterocycles. The van der Waals surface area contributed by atoms with Gasteiger partial charge in [0.25, 0.3) is 0 Å². The zero-order valence-corrected chi connectivity index (χ0v) is 9.73. The maximum atomic E-state index is 9.73. The van der Waals surface area contributed by atoms with Crippen molar-refractivity contribution in [2.45, 2.75) is 38.8 Å². The van der Waals surface area contributed by atoms with E-state index in [9.17, 15) is 5.11 Å². The van der Waals surface area contributed by atoms with Crippen LogP contribution in [-0.4, -0.2) is 46.2 Å². The minimum atomic E-state index is -0.552. The first-order valence-corrected chi connectivity index (χ1v) is 6.19. The van der Waals surface area contributed by atoms with E-state index in [1.54, 1.807) is 0 Å². The predicted molar refractivity (Wildman–Crippen MR) is 59.3 cm³/mol. The summed E-state index contributed by atoms with van der Waals surface area (Å²) in [6.07, 6.45) is 1.25. The second-order valence-electron chi connectivity index (χ2n) is 4.53. The molecule has 1 aliphatic heterocycles. The van der Waals surface area contributed by atoms with Crippen LogP contribution in [0.25, 0.3) is 0 Å². The molecule has 0 amide bonds. The van der Waals surface area contributed by atoms with E-state index in [0.29, 0.717) is 6.04 Å². The summed E-state index contributed by atoms with van der Waals surface area (Å²) in [5, 5.41) is 9.73. The van der Waals surface area contributed by atoms with Crippen LogP contribution in [0.2, 0.25) is 0 Å². The number of rotatable bonds is 2. The Morgan fingerprint density at radius 1 is 1.46 bits per heavy atom. The van der Waals surface area contributed by atoms with Crippen molar-refractivity contribution in [1.29, 1.82) is 0 Å². The lowest BCUT2D eigenvalue weighted by Crippen LogP contribution is -2.43. The van der Waals surface area contributed by atoms with Gasteiger partial charge in [-0.2, -0.15) is 11.8 Å². The van der Waals surface area contributed by atoms with Crippen LogP contribution in [0.5, 0.6) is 0 Å². The summed E-state index contributed by atoms with van der Waals surface area (Å²) in [6.45, 7) is 7.96. The smallest absolute Gasteiger partial charge is 0.0718 e. The minimum absolute atomic E-state index is 0.552. The van der Waals surface area contributed by atoms with Crippen LogP contribution in [0.1, 0.15) is 27.2 Å². The highest BCUT2D eigenvalue weighted by Gasteiger charge is 2.23. The van der Waals surface area contributed by atoms with Crippen molar-refractivity contribution in [2.75, 3.05) is 24.6 Å². The molecule has 1 aliphatic rings. The van der Waals surface area contributed by atoms with Crippen LogP contribution in [0.3, 0.4) is 0 Å². The van der Waals surface area contributed by atoms with Gasteiger partial charge in [-0.1, -0.05) is 0 Å². The van der Waals surface area contributed by atoms with Crippen molar-refractivity contribution in [3.8, 4) is 0 Å². The summed E-state index contributed by atoms with van der Waals surface area (Å²) in [6, 6.07) is 0.626. The molecule has 3 heteroatoms. The molecule has 13 heavy (non-hydrogen) atoms. The van der Waals surface area contributed by atoms with E-state index in [2.05, 4.69) is 11.8 Å². The minimum Gasteiger partial charge on any atom is -0.389 e. The van der Waals surface area contributed by atoms with Gasteiger partial charge in [-0.15, -0.1) is 0 Å². The summed E-state index contributed by atoms with van der Waals surface area (Å²) in [7, 11) is 0. The largest absolute Gasteiger partial charge is 0.389 e. The molecule has 0 aromatic rings. The molecule has 1 heterocycles. The van der Waals surface area contributed by atoms with Gasteiger partial charge in [0.2, 0.25) is 0 Å². The molecule has 0 bridgehead atoms. The maximum Gasteiger partial charge on any atom is 0.0718 e. The monoisotopic (exact) mass is 203 g/mol. The summed E-state index contributed by atoms with van der Waals surface area (Å²) >= 11 is 2.03. The molecular weight excluding hydrogens is 182 g/mol. The molecule has 1 unspecified atom stereocenters. The van der Waals surface area contributed by atoms with Crippen molar-refractivity contribution in [1.82, 2.24) is 4.90 Å². The number of β-amino-alcohol motifs (C(OH)–C–C–N with tert-alkyl or cyclic N) is 1. The van der Waals surface area contributed by atoms with Gasteiger partial charge in [-0.05, 0) is 32.9 Å². The van der Waals surface area contributed by atoms with Gasteiger partial charge >= 0.3 is 0 Å². The molecule has 0 aromatic heterocycles. The van der Waals surface area contributed by atoms with E-state index in [1.165, 1.54) is 17.9 Å². The third-order valence-electron chi connectivity index (χ3n) is 2.42. The number of thioether (sulfide) groups is 1.